The fourth-order valence-corrected chi connectivity index (χ4v) is 1.97. The first kappa shape index (κ1) is 14.2. The number of ketones is 1. The second-order valence-electron chi connectivity index (χ2n) is 3.94. The highest BCUT2D eigenvalue weighted by atomic mass is 35.5. The van der Waals surface area contributed by atoms with E-state index in [1.54, 1.807) is 43.3 Å². The van der Waals surface area contributed by atoms with Crippen molar-refractivity contribution < 1.29 is 14.3 Å². The molecule has 1 aromatic heterocycles. The van der Waals surface area contributed by atoms with Crippen molar-refractivity contribution in [3.05, 3.63) is 64.4 Å². The van der Waals surface area contributed by atoms with E-state index in [1.165, 1.54) is 6.20 Å². The van der Waals surface area contributed by atoms with Gasteiger partial charge in [-0.2, -0.15) is 0 Å². The molecule has 0 amide bonds. The number of halogens is 1. The predicted molar refractivity (Wildman–Crippen MR) is 75.1 cm³/mol. The van der Waals surface area contributed by atoms with Crippen LogP contribution in [0, 0.1) is 0 Å². The van der Waals surface area contributed by atoms with Gasteiger partial charge < -0.3 is 4.74 Å². The Labute approximate surface area is 121 Å². The topological polar surface area (TPSA) is 56.3 Å². The molecule has 20 heavy (non-hydrogen) atoms. The van der Waals surface area contributed by atoms with Crippen LogP contribution in [0.15, 0.2) is 42.6 Å². The third-order valence-electron chi connectivity index (χ3n) is 2.67. The molecule has 1 heterocycles. The van der Waals surface area contributed by atoms with E-state index >= 15 is 0 Å². The zero-order chi connectivity index (χ0) is 14.5. The van der Waals surface area contributed by atoms with Gasteiger partial charge in [0.25, 0.3) is 0 Å². The lowest BCUT2D eigenvalue weighted by Gasteiger charge is -2.08. The number of carbonyl (C=O) groups is 2. The zero-order valence-corrected chi connectivity index (χ0v) is 11.6. The SMILES string of the molecule is CCOC(=O)c1ccccc1C(=O)c1cccnc1Cl. The van der Waals surface area contributed by atoms with E-state index in [4.69, 9.17) is 16.3 Å². The van der Waals surface area contributed by atoms with Crippen LogP contribution in [0.25, 0.3) is 0 Å². The molecule has 0 saturated carbocycles. The molecule has 2 rings (SSSR count). The van der Waals surface area contributed by atoms with Gasteiger partial charge in [0.05, 0.1) is 17.7 Å². The highest BCUT2D eigenvalue weighted by Gasteiger charge is 2.20. The summed E-state index contributed by atoms with van der Waals surface area (Å²) in [7, 11) is 0. The fourth-order valence-electron chi connectivity index (χ4n) is 1.77. The Morgan fingerprint density at radius 2 is 1.75 bits per heavy atom. The number of hydrogen-bond acceptors (Lipinski definition) is 4. The van der Waals surface area contributed by atoms with Crippen LogP contribution in [-0.2, 0) is 4.74 Å². The van der Waals surface area contributed by atoms with Crippen LogP contribution in [0.5, 0.6) is 0 Å². The molecule has 5 heteroatoms. The second kappa shape index (κ2) is 6.30. The van der Waals surface area contributed by atoms with Gasteiger partial charge in [0, 0.05) is 11.8 Å². The molecule has 0 unspecified atom stereocenters. The molecule has 0 aliphatic rings. The number of carbonyl (C=O) groups excluding carboxylic acids is 2. The monoisotopic (exact) mass is 289 g/mol. The smallest absolute Gasteiger partial charge is 0.338 e. The van der Waals surface area contributed by atoms with Gasteiger partial charge in [0.2, 0.25) is 0 Å². The molecule has 102 valence electrons. The van der Waals surface area contributed by atoms with Gasteiger partial charge in [-0.25, -0.2) is 9.78 Å². The molecule has 4 nitrogen and oxygen atoms in total. The normalized spacial score (nSPS) is 10.1. The van der Waals surface area contributed by atoms with Gasteiger partial charge in [0.15, 0.2) is 5.78 Å². The Hall–Kier alpha value is -2.20. The van der Waals surface area contributed by atoms with Crippen molar-refractivity contribution in [3.63, 3.8) is 0 Å². The molecular formula is C15H12ClNO3. The maximum atomic E-state index is 12.5. The molecule has 0 spiro atoms. The first-order valence-corrected chi connectivity index (χ1v) is 6.44. The lowest BCUT2D eigenvalue weighted by Crippen LogP contribution is -2.13. The van der Waals surface area contributed by atoms with Gasteiger partial charge in [-0.1, -0.05) is 29.8 Å². The highest BCUT2D eigenvalue weighted by Crippen LogP contribution is 2.20. The second-order valence-corrected chi connectivity index (χ2v) is 4.29. The molecule has 0 fully saturated rings. The van der Waals surface area contributed by atoms with Crippen LogP contribution in [0.4, 0.5) is 0 Å². The summed E-state index contributed by atoms with van der Waals surface area (Å²) in [5.41, 5.74) is 0.728. The van der Waals surface area contributed by atoms with Crippen LogP contribution in [0.2, 0.25) is 5.15 Å². The number of aromatic nitrogens is 1. The Kier molecular flexibility index (Phi) is 4.48. The first-order chi connectivity index (χ1) is 9.65. The number of ether oxygens (including phenoxy) is 1. The molecular weight excluding hydrogens is 278 g/mol. The maximum absolute atomic E-state index is 12.5. The molecule has 0 bridgehead atoms. The standard InChI is InChI=1S/C15H12ClNO3/c1-2-20-15(19)11-7-4-3-6-10(11)13(18)12-8-5-9-17-14(12)16/h3-9H,2H2,1H3. The van der Waals surface area contributed by atoms with Gasteiger partial charge in [-0.05, 0) is 25.1 Å². The van der Waals surface area contributed by atoms with E-state index in [1.807, 2.05) is 0 Å². The lowest BCUT2D eigenvalue weighted by molar-refractivity contribution is 0.0523. The van der Waals surface area contributed by atoms with Crippen LogP contribution in [-0.4, -0.2) is 23.3 Å². The van der Waals surface area contributed by atoms with E-state index < -0.39 is 5.97 Å². The van der Waals surface area contributed by atoms with Gasteiger partial charge in [0.1, 0.15) is 5.15 Å². The van der Waals surface area contributed by atoms with Crippen LogP contribution < -0.4 is 0 Å². The Balaban J connectivity index is 2.46. The summed E-state index contributed by atoms with van der Waals surface area (Å²) in [5, 5.41) is 0.108. The first-order valence-electron chi connectivity index (χ1n) is 6.06. The van der Waals surface area contributed by atoms with Gasteiger partial charge in [-0.3, -0.25) is 4.79 Å². The summed E-state index contributed by atoms with van der Waals surface area (Å²) in [6, 6.07) is 9.66. The average Bonchev–Trinajstić information content (AvgIpc) is 2.47. The zero-order valence-electron chi connectivity index (χ0n) is 10.8. The summed E-state index contributed by atoms with van der Waals surface area (Å²) in [6.45, 7) is 1.95. The molecule has 0 N–H and O–H groups in total. The summed E-state index contributed by atoms with van der Waals surface area (Å²) in [6.07, 6.45) is 1.50. The minimum absolute atomic E-state index is 0.108. The third kappa shape index (κ3) is 2.86. The van der Waals surface area contributed by atoms with Crippen molar-refractivity contribution in [2.45, 2.75) is 6.92 Å². The minimum Gasteiger partial charge on any atom is -0.462 e. The van der Waals surface area contributed by atoms with Crippen molar-refractivity contribution in [3.8, 4) is 0 Å². The van der Waals surface area contributed by atoms with Gasteiger partial charge >= 0.3 is 5.97 Å². The van der Waals surface area contributed by atoms with Crippen LogP contribution in [0.1, 0.15) is 33.2 Å². The fraction of sp³-hybridized carbons (Fsp3) is 0.133. The van der Waals surface area contributed by atoms with Crippen molar-refractivity contribution in [1.82, 2.24) is 4.98 Å². The Morgan fingerprint density at radius 3 is 2.40 bits per heavy atom. The molecule has 0 aliphatic heterocycles. The molecule has 0 saturated heterocycles. The van der Waals surface area contributed by atoms with Gasteiger partial charge in [-0.15, -0.1) is 0 Å². The molecule has 0 aliphatic carbocycles. The summed E-state index contributed by atoms with van der Waals surface area (Å²) >= 11 is 5.91. The molecule has 2 aromatic rings. The minimum atomic E-state index is -0.531. The van der Waals surface area contributed by atoms with Crippen molar-refractivity contribution in [2.24, 2.45) is 0 Å². The number of rotatable bonds is 4. The highest BCUT2D eigenvalue weighted by molar-refractivity contribution is 6.34. The number of esters is 1. The van der Waals surface area contributed by atoms with Crippen molar-refractivity contribution in [2.75, 3.05) is 6.61 Å². The number of pyridine rings is 1. The number of hydrogen-bond donors (Lipinski definition) is 0. The third-order valence-corrected chi connectivity index (χ3v) is 2.97. The number of nitrogens with zero attached hydrogens (tertiary/aromatic N) is 1. The van der Waals surface area contributed by atoms with Crippen molar-refractivity contribution in [1.29, 1.82) is 0 Å². The quantitative estimate of drug-likeness (QED) is 0.493. The summed E-state index contributed by atoms with van der Waals surface area (Å²) in [4.78, 5) is 28.2. The summed E-state index contributed by atoms with van der Waals surface area (Å²) in [5.74, 6) is -0.886. The lowest BCUT2D eigenvalue weighted by atomic mass is 9.99. The Morgan fingerprint density at radius 1 is 1.10 bits per heavy atom. The molecule has 0 atom stereocenters. The largest absolute Gasteiger partial charge is 0.462 e. The van der Waals surface area contributed by atoms with E-state index in [0.29, 0.717) is 0 Å². The van der Waals surface area contributed by atoms with Crippen LogP contribution >= 0.6 is 11.6 Å². The Bertz CT molecular complexity index is 655. The summed E-state index contributed by atoms with van der Waals surface area (Å²) < 4.78 is 4.95. The van der Waals surface area contributed by atoms with Crippen molar-refractivity contribution >= 4 is 23.4 Å². The van der Waals surface area contributed by atoms with E-state index in [9.17, 15) is 9.59 Å². The molecule has 0 radical (unpaired) electrons. The average molecular weight is 290 g/mol. The van der Waals surface area contributed by atoms with E-state index in [-0.39, 0.29) is 34.2 Å². The van der Waals surface area contributed by atoms with E-state index in [2.05, 4.69) is 4.98 Å². The molecule has 1 aromatic carbocycles. The maximum Gasteiger partial charge on any atom is 0.338 e. The predicted octanol–water partition coefficient (Wildman–Crippen LogP) is 3.14. The van der Waals surface area contributed by atoms with E-state index in [0.717, 1.165) is 0 Å². The number of benzene rings is 1. The van der Waals surface area contributed by atoms with Crippen LogP contribution in [0.3, 0.4) is 0 Å².